The summed E-state index contributed by atoms with van der Waals surface area (Å²) in [6.45, 7) is 3.83. The maximum Gasteiger partial charge on any atom is 0.216 e. The van der Waals surface area contributed by atoms with Gasteiger partial charge in [-0.05, 0) is 20.3 Å². The van der Waals surface area contributed by atoms with Crippen LogP contribution >= 0.6 is 11.8 Å². The van der Waals surface area contributed by atoms with Crippen LogP contribution in [0.2, 0.25) is 0 Å². The van der Waals surface area contributed by atoms with Crippen molar-refractivity contribution in [2.45, 2.75) is 25.4 Å². The number of anilines is 1. The van der Waals surface area contributed by atoms with Gasteiger partial charge in [-0.1, -0.05) is 11.8 Å². The molecule has 0 aliphatic heterocycles. The molecule has 0 amide bonds. The molecule has 0 spiro atoms. The highest BCUT2D eigenvalue weighted by Gasteiger charge is 2.16. The molecule has 14 heavy (non-hydrogen) atoms. The first-order valence-electron chi connectivity index (χ1n) is 4.25. The van der Waals surface area contributed by atoms with Crippen molar-refractivity contribution < 1.29 is 0 Å². The van der Waals surface area contributed by atoms with Crippen LogP contribution in [-0.4, -0.2) is 20.9 Å². The molecule has 3 N–H and O–H groups in total. The van der Waals surface area contributed by atoms with Crippen molar-refractivity contribution >= 4 is 17.7 Å². The van der Waals surface area contributed by atoms with Crippen LogP contribution in [0.1, 0.15) is 20.3 Å². The number of thioether (sulfide) groups is 1. The highest BCUT2D eigenvalue weighted by molar-refractivity contribution is 7.99. The minimum absolute atomic E-state index is 0.283. The van der Waals surface area contributed by atoms with Gasteiger partial charge in [-0.25, -0.2) is 5.10 Å². The summed E-state index contributed by atoms with van der Waals surface area (Å²) in [5.74, 6) is 1.14. The fourth-order valence-electron chi connectivity index (χ4n) is 0.776. The third kappa shape index (κ3) is 3.26. The molecule has 1 rings (SSSR count). The van der Waals surface area contributed by atoms with E-state index in [9.17, 15) is 0 Å². The van der Waals surface area contributed by atoms with Crippen molar-refractivity contribution in [2.75, 3.05) is 11.5 Å². The van der Waals surface area contributed by atoms with E-state index >= 15 is 0 Å². The SMILES string of the molecule is CC(C)(C#N)CCSc1n[nH]c(N)n1. The van der Waals surface area contributed by atoms with Crippen LogP contribution in [0, 0.1) is 16.7 Å². The molecule has 0 fully saturated rings. The summed E-state index contributed by atoms with van der Waals surface area (Å²) in [6, 6.07) is 2.25. The Hall–Kier alpha value is -1.22. The van der Waals surface area contributed by atoms with E-state index in [1.807, 2.05) is 13.8 Å². The van der Waals surface area contributed by atoms with E-state index in [1.165, 1.54) is 11.8 Å². The predicted octanol–water partition coefficient (Wildman–Crippen LogP) is 1.42. The normalized spacial score (nSPS) is 11.2. The minimum Gasteiger partial charge on any atom is -0.368 e. The second kappa shape index (κ2) is 4.33. The van der Waals surface area contributed by atoms with Crippen LogP contribution in [0.5, 0.6) is 0 Å². The second-order valence-corrected chi connectivity index (χ2v) is 4.66. The first-order valence-corrected chi connectivity index (χ1v) is 5.24. The minimum atomic E-state index is -0.283. The van der Waals surface area contributed by atoms with E-state index in [1.54, 1.807) is 0 Å². The Morgan fingerprint density at radius 3 is 2.86 bits per heavy atom. The van der Waals surface area contributed by atoms with Gasteiger partial charge >= 0.3 is 0 Å². The molecular weight excluding hydrogens is 198 g/mol. The molecule has 0 saturated heterocycles. The molecule has 0 aliphatic rings. The Kier molecular flexibility index (Phi) is 3.36. The average Bonchev–Trinajstić information content (AvgIpc) is 2.51. The third-order valence-electron chi connectivity index (χ3n) is 1.74. The lowest BCUT2D eigenvalue weighted by Crippen LogP contribution is -2.08. The fourth-order valence-corrected chi connectivity index (χ4v) is 1.84. The summed E-state index contributed by atoms with van der Waals surface area (Å²) >= 11 is 1.50. The Balaban J connectivity index is 2.33. The van der Waals surface area contributed by atoms with Gasteiger partial charge in [-0.15, -0.1) is 5.10 Å². The molecule has 76 valence electrons. The Morgan fingerprint density at radius 2 is 2.36 bits per heavy atom. The van der Waals surface area contributed by atoms with Crippen LogP contribution < -0.4 is 5.73 Å². The van der Waals surface area contributed by atoms with Crippen LogP contribution in [0.4, 0.5) is 5.95 Å². The van der Waals surface area contributed by atoms with Gasteiger partial charge in [0.25, 0.3) is 0 Å². The fraction of sp³-hybridized carbons (Fsp3) is 0.625. The lowest BCUT2D eigenvalue weighted by Gasteiger charge is -2.12. The Bertz CT molecular complexity index is 338. The molecule has 1 aromatic rings. The lowest BCUT2D eigenvalue weighted by atomic mass is 9.93. The number of rotatable bonds is 4. The smallest absolute Gasteiger partial charge is 0.216 e. The van der Waals surface area contributed by atoms with Gasteiger partial charge in [0.15, 0.2) is 0 Å². The summed E-state index contributed by atoms with van der Waals surface area (Å²) < 4.78 is 0. The molecule has 0 bridgehead atoms. The Morgan fingerprint density at radius 1 is 1.64 bits per heavy atom. The number of H-pyrrole nitrogens is 1. The molecule has 0 atom stereocenters. The zero-order valence-electron chi connectivity index (χ0n) is 8.24. The van der Waals surface area contributed by atoms with E-state index in [0.29, 0.717) is 11.1 Å². The van der Waals surface area contributed by atoms with Crippen molar-refractivity contribution in [2.24, 2.45) is 5.41 Å². The van der Waals surface area contributed by atoms with Gasteiger partial charge in [0.05, 0.1) is 11.5 Å². The quantitative estimate of drug-likeness (QED) is 0.735. The molecular formula is C8H13N5S. The van der Waals surface area contributed by atoms with Gasteiger partial charge in [-0.3, -0.25) is 0 Å². The van der Waals surface area contributed by atoms with E-state index < -0.39 is 0 Å². The molecule has 1 heterocycles. The van der Waals surface area contributed by atoms with Gasteiger partial charge < -0.3 is 5.73 Å². The van der Waals surface area contributed by atoms with Crippen molar-refractivity contribution in [1.29, 1.82) is 5.26 Å². The summed E-state index contributed by atoms with van der Waals surface area (Å²) in [4.78, 5) is 3.95. The summed E-state index contributed by atoms with van der Waals surface area (Å²) in [7, 11) is 0. The topological polar surface area (TPSA) is 91.4 Å². The standard InChI is InChI=1S/C8H13N5S/c1-8(2,5-9)3-4-14-7-11-6(10)12-13-7/h3-4H2,1-2H3,(H3,10,11,12,13). The number of nitrogens with zero attached hydrogens (tertiary/aromatic N) is 3. The Labute approximate surface area is 87.1 Å². The third-order valence-corrected chi connectivity index (χ3v) is 2.59. The average molecular weight is 211 g/mol. The zero-order chi connectivity index (χ0) is 10.6. The van der Waals surface area contributed by atoms with Gasteiger partial charge in [0.2, 0.25) is 11.1 Å². The van der Waals surface area contributed by atoms with E-state index in [2.05, 4.69) is 21.3 Å². The maximum atomic E-state index is 8.78. The monoisotopic (exact) mass is 211 g/mol. The number of nitriles is 1. The predicted molar refractivity (Wildman–Crippen MR) is 55.5 cm³/mol. The number of nitrogens with one attached hydrogen (secondary N) is 1. The first-order chi connectivity index (χ1) is 6.53. The molecule has 0 saturated carbocycles. The molecule has 6 heteroatoms. The molecule has 0 unspecified atom stereocenters. The van der Waals surface area contributed by atoms with Crippen LogP contribution in [-0.2, 0) is 0 Å². The zero-order valence-corrected chi connectivity index (χ0v) is 9.06. The summed E-state index contributed by atoms with van der Waals surface area (Å²) in [5, 5.41) is 15.9. The number of hydrogen-bond donors (Lipinski definition) is 2. The van der Waals surface area contributed by atoms with Crippen LogP contribution in [0.25, 0.3) is 0 Å². The number of nitrogens with two attached hydrogens (primary N) is 1. The number of aromatic nitrogens is 3. The van der Waals surface area contributed by atoms with Crippen molar-refractivity contribution in [3.8, 4) is 6.07 Å². The van der Waals surface area contributed by atoms with Gasteiger partial charge in [-0.2, -0.15) is 10.2 Å². The summed E-state index contributed by atoms with van der Waals surface area (Å²) in [5.41, 5.74) is 5.08. The molecule has 1 aromatic heterocycles. The molecule has 0 aromatic carbocycles. The molecule has 0 radical (unpaired) electrons. The number of aromatic amines is 1. The van der Waals surface area contributed by atoms with E-state index in [4.69, 9.17) is 11.0 Å². The second-order valence-electron chi connectivity index (χ2n) is 3.60. The van der Waals surface area contributed by atoms with Crippen molar-refractivity contribution in [1.82, 2.24) is 15.2 Å². The van der Waals surface area contributed by atoms with Gasteiger partial charge in [0.1, 0.15) is 0 Å². The van der Waals surface area contributed by atoms with Crippen LogP contribution in [0.15, 0.2) is 5.16 Å². The van der Waals surface area contributed by atoms with E-state index in [0.717, 1.165) is 12.2 Å². The molecule has 0 aliphatic carbocycles. The number of nitrogen functional groups attached to an aromatic ring is 1. The largest absolute Gasteiger partial charge is 0.368 e. The van der Waals surface area contributed by atoms with Crippen molar-refractivity contribution in [3.63, 3.8) is 0 Å². The van der Waals surface area contributed by atoms with Gasteiger partial charge in [0, 0.05) is 5.75 Å². The molecule has 5 nitrogen and oxygen atoms in total. The highest BCUT2D eigenvalue weighted by atomic mass is 32.2. The maximum absolute atomic E-state index is 8.78. The van der Waals surface area contributed by atoms with Crippen molar-refractivity contribution in [3.05, 3.63) is 0 Å². The lowest BCUT2D eigenvalue weighted by molar-refractivity contribution is 0.482. The number of hydrogen-bond acceptors (Lipinski definition) is 5. The van der Waals surface area contributed by atoms with Crippen LogP contribution in [0.3, 0.4) is 0 Å². The van der Waals surface area contributed by atoms with E-state index in [-0.39, 0.29) is 5.41 Å². The highest BCUT2D eigenvalue weighted by Crippen LogP contribution is 2.23. The summed E-state index contributed by atoms with van der Waals surface area (Å²) in [6.07, 6.45) is 0.808. The first kappa shape index (κ1) is 10.9.